The first-order chi connectivity index (χ1) is 15.5. The van der Waals surface area contributed by atoms with E-state index >= 15 is 0 Å². The highest BCUT2D eigenvalue weighted by Crippen LogP contribution is 2.36. The monoisotopic (exact) mass is 439 g/mol. The van der Waals surface area contributed by atoms with Crippen molar-refractivity contribution in [1.29, 1.82) is 0 Å². The summed E-state index contributed by atoms with van der Waals surface area (Å²) in [6, 6.07) is 7.73. The second-order valence-corrected chi connectivity index (χ2v) is 9.65. The lowest BCUT2D eigenvalue weighted by atomic mass is 9.94. The summed E-state index contributed by atoms with van der Waals surface area (Å²) in [5.41, 5.74) is 1.99. The van der Waals surface area contributed by atoms with Gasteiger partial charge in [-0.3, -0.25) is 14.5 Å². The molecule has 0 unspecified atom stereocenters. The summed E-state index contributed by atoms with van der Waals surface area (Å²) in [5.74, 6) is 1.03. The van der Waals surface area contributed by atoms with Crippen molar-refractivity contribution in [3.05, 3.63) is 35.5 Å². The molecular weight excluding hydrogens is 402 g/mol. The van der Waals surface area contributed by atoms with Crippen molar-refractivity contribution in [2.75, 3.05) is 39.3 Å². The second kappa shape index (κ2) is 10.1. The molecule has 2 aliphatic heterocycles. The first kappa shape index (κ1) is 22.8. The predicted molar refractivity (Wildman–Crippen MR) is 126 cm³/mol. The lowest BCUT2D eigenvalue weighted by molar-refractivity contribution is -0.141. The molecule has 0 bridgehead atoms. The van der Waals surface area contributed by atoms with Gasteiger partial charge < -0.3 is 14.5 Å². The van der Waals surface area contributed by atoms with E-state index in [0.29, 0.717) is 23.8 Å². The Bertz CT molecular complexity index is 848. The van der Waals surface area contributed by atoms with E-state index in [1.807, 2.05) is 24.3 Å². The number of hydrogen-bond acceptors (Lipinski definition) is 5. The van der Waals surface area contributed by atoms with Crippen molar-refractivity contribution < 1.29 is 14.3 Å². The molecule has 1 aromatic carbocycles. The van der Waals surface area contributed by atoms with Crippen molar-refractivity contribution in [1.82, 2.24) is 14.7 Å². The fourth-order valence-corrected chi connectivity index (χ4v) is 5.03. The number of imide groups is 1. The molecule has 0 N–H and O–H groups in total. The van der Waals surface area contributed by atoms with Gasteiger partial charge in [0.25, 0.3) is 11.8 Å². The van der Waals surface area contributed by atoms with Gasteiger partial charge in [-0.05, 0) is 43.0 Å². The molecule has 0 atom stereocenters. The van der Waals surface area contributed by atoms with Crippen LogP contribution in [0.1, 0.15) is 58.4 Å². The van der Waals surface area contributed by atoms with Crippen molar-refractivity contribution in [2.24, 2.45) is 5.92 Å². The maximum absolute atomic E-state index is 13.7. The van der Waals surface area contributed by atoms with Gasteiger partial charge in [0.15, 0.2) is 0 Å². The van der Waals surface area contributed by atoms with E-state index in [-0.39, 0.29) is 17.9 Å². The number of nitrogens with zero attached hydrogens (tertiary/aromatic N) is 3. The smallest absolute Gasteiger partial charge is 0.278 e. The number of likely N-dealkylation sites (N-methyl/N-ethyl adjacent to an activating group) is 1. The molecular formula is C26H37N3O3. The van der Waals surface area contributed by atoms with Crippen LogP contribution < -0.4 is 4.74 Å². The number of carbonyl (C=O) groups excluding carboxylic acids is 2. The van der Waals surface area contributed by atoms with Crippen molar-refractivity contribution >= 4 is 17.4 Å². The quantitative estimate of drug-likeness (QED) is 0.606. The predicted octanol–water partition coefficient (Wildman–Crippen LogP) is 3.77. The Hall–Kier alpha value is -2.34. The highest BCUT2D eigenvalue weighted by atomic mass is 16.5. The molecule has 2 heterocycles. The van der Waals surface area contributed by atoms with Crippen LogP contribution >= 0.6 is 0 Å². The molecule has 0 aromatic heterocycles. The lowest BCUT2D eigenvalue weighted by Crippen LogP contribution is -2.48. The van der Waals surface area contributed by atoms with Gasteiger partial charge in [0.2, 0.25) is 0 Å². The largest absolute Gasteiger partial charge is 0.493 e. The standard InChI is InChI=1S/C26H37N3O3/c1-4-27-14-16-28(17-15-27)24-23(20-10-12-22(13-11-20)32-18-19(2)3)25(30)29(26(24)31)21-8-6-5-7-9-21/h10-13,19,21H,4-9,14-18H2,1-3H3. The van der Waals surface area contributed by atoms with Gasteiger partial charge in [-0.15, -0.1) is 0 Å². The Morgan fingerprint density at radius 1 is 0.938 bits per heavy atom. The SMILES string of the molecule is CCN1CCN(C2=C(c3ccc(OCC(C)C)cc3)C(=O)N(C3CCCCC3)C2=O)CC1. The van der Waals surface area contributed by atoms with Crippen LogP contribution in [0.3, 0.4) is 0 Å². The van der Waals surface area contributed by atoms with E-state index in [1.165, 1.54) is 6.42 Å². The zero-order valence-electron chi connectivity index (χ0n) is 19.8. The zero-order chi connectivity index (χ0) is 22.7. The van der Waals surface area contributed by atoms with Gasteiger partial charge in [-0.25, -0.2) is 0 Å². The Balaban J connectivity index is 1.64. The van der Waals surface area contributed by atoms with Gasteiger partial charge >= 0.3 is 0 Å². The summed E-state index contributed by atoms with van der Waals surface area (Å²) >= 11 is 0. The molecule has 174 valence electrons. The summed E-state index contributed by atoms with van der Waals surface area (Å²) in [5, 5.41) is 0. The minimum Gasteiger partial charge on any atom is -0.493 e. The number of amides is 2. The van der Waals surface area contributed by atoms with Crippen LogP contribution in [0.2, 0.25) is 0 Å². The number of hydrogen-bond donors (Lipinski definition) is 0. The second-order valence-electron chi connectivity index (χ2n) is 9.65. The normalized spacial score (nSPS) is 21.2. The average molecular weight is 440 g/mol. The number of carbonyl (C=O) groups is 2. The fourth-order valence-electron chi connectivity index (χ4n) is 5.03. The summed E-state index contributed by atoms with van der Waals surface area (Å²) in [4.78, 5) is 33.4. The van der Waals surface area contributed by atoms with Crippen LogP contribution in [0.4, 0.5) is 0 Å². The summed E-state index contributed by atoms with van der Waals surface area (Å²) < 4.78 is 5.82. The number of benzene rings is 1. The molecule has 0 radical (unpaired) electrons. The van der Waals surface area contributed by atoms with Crippen LogP contribution in [0.5, 0.6) is 5.75 Å². The Labute approximate surface area is 192 Å². The van der Waals surface area contributed by atoms with Gasteiger partial charge in [0.05, 0.1) is 12.2 Å². The Morgan fingerprint density at radius 2 is 1.59 bits per heavy atom. The number of piperazine rings is 1. The Kier molecular flexibility index (Phi) is 7.19. The number of ether oxygens (including phenoxy) is 1. The molecule has 3 aliphatic rings. The highest BCUT2D eigenvalue weighted by Gasteiger charge is 2.45. The highest BCUT2D eigenvalue weighted by molar-refractivity contribution is 6.35. The van der Waals surface area contributed by atoms with Crippen molar-refractivity contribution in [3.63, 3.8) is 0 Å². The summed E-state index contributed by atoms with van der Waals surface area (Å²) in [6.45, 7) is 11.5. The average Bonchev–Trinajstić information content (AvgIpc) is 3.08. The van der Waals surface area contributed by atoms with E-state index in [2.05, 4.69) is 30.6 Å². The maximum atomic E-state index is 13.7. The molecule has 0 spiro atoms. The van der Waals surface area contributed by atoms with Gasteiger partial charge in [-0.1, -0.05) is 52.2 Å². The van der Waals surface area contributed by atoms with Crippen LogP contribution in [0.25, 0.3) is 5.57 Å². The molecule has 2 fully saturated rings. The molecule has 1 saturated heterocycles. The first-order valence-corrected chi connectivity index (χ1v) is 12.3. The third-order valence-electron chi connectivity index (χ3n) is 6.89. The zero-order valence-corrected chi connectivity index (χ0v) is 19.8. The van der Waals surface area contributed by atoms with Crippen molar-refractivity contribution in [2.45, 2.75) is 58.9 Å². The molecule has 1 aliphatic carbocycles. The molecule has 32 heavy (non-hydrogen) atoms. The molecule has 6 heteroatoms. The van der Waals surface area contributed by atoms with E-state index in [9.17, 15) is 9.59 Å². The molecule has 1 aromatic rings. The minimum absolute atomic E-state index is 0.0295. The van der Waals surface area contributed by atoms with E-state index in [4.69, 9.17) is 4.74 Å². The third-order valence-corrected chi connectivity index (χ3v) is 6.89. The molecule has 4 rings (SSSR count). The van der Waals surface area contributed by atoms with Gasteiger partial charge in [0.1, 0.15) is 11.4 Å². The summed E-state index contributed by atoms with van der Waals surface area (Å²) in [7, 11) is 0. The summed E-state index contributed by atoms with van der Waals surface area (Å²) in [6.07, 6.45) is 5.21. The van der Waals surface area contributed by atoms with E-state index in [0.717, 1.165) is 69.7 Å². The third kappa shape index (κ3) is 4.70. The van der Waals surface area contributed by atoms with Gasteiger partial charge in [0, 0.05) is 32.2 Å². The van der Waals surface area contributed by atoms with Gasteiger partial charge in [-0.2, -0.15) is 0 Å². The van der Waals surface area contributed by atoms with E-state index < -0.39 is 0 Å². The molecule has 6 nitrogen and oxygen atoms in total. The maximum Gasteiger partial charge on any atom is 0.278 e. The Morgan fingerprint density at radius 3 is 2.19 bits per heavy atom. The lowest BCUT2D eigenvalue weighted by Gasteiger charge is -2.36. The number of rotatable bonds is 7. The molecule has 1 saturated carbocycles. The van der Waals surface area contributed by atoms with E-state index in [1.54, 1.807) is 4.90 Å². The molecule has 2 amide bonds. The van der Waals surface area contributed by atoms with Crippen LogP contribution in [0.15, 0.2) is 30.0 Å². The first-order valence-electron chi connectivity index (χ1n) is 12.3. The topological polar surface area (TPSA) is 53.1 Å². The van der Waals surface area contributed by atoms with Crippen LogP contribution in [0, 0.1) is 5.92 Å². The minimum atomic E-state index is -0.120. The van der Waals surface area contributed by atoms with Crippen molar-refractivity contribution in [3.8, 4) is 5.75 Å². The van der Waals surface area contributed by atoms with Crippen LogP contribution in [-0.4, -0.2) is 71.9 Å². The van der Waals surface area contributed by atoms with Crippen LogP contribution in [-0.2, 0) is 9.59 Å². The fraction of sp³-hybridized carbons (Fsp3) is 0.615.